The van der Waals surface area contributed by atoms with Crippen LogP contribution in [0.4, 0.5) is 14.5 Å². The van der Waals surface area contributed by atoms with Crippen LogP contribution >= 0.6 is 0 Å². The van der Waals surface area contributed by atoms with Gasteiger partial charge in [-0.3, -0.25) is 9.89 Å². The van der Waals surface area contributed by atoms with Crippen molar-refractivity contribution in [1.29, 1.82) is 0 Å². The number of halogens is 2. The zero-order valence-electron chi connectivity index (χ0n) is 17.4. The number of carbonyl (C=O) groups excluding carboxylic acids is 1. The number of benzene rings is 2. The van der Waals surface area contributed by atoms with Crippen molar-refractivity contribution in [2.24, 2.45) is 5.73 Å². The van der Waals surface area contributed by atoms with E-state index in [4.69, 9.17) is 10.5 Å². The number of likely N-dealkylation sites (N-methyl/N-ethyl adjacent to an activating group) is 1. The summed E-state index contributed by atoms with van der Waals surface area (Å²) < 4.78 is 34.0. The summed E-state index contributed by atoms with van der Waals surface area (Å²) in [5.74, 6) is -1.17. The van der Waals surface area contributed by atoms with Crippen LogP contribution in [0.3, 0.4) is 0 Å². The van der Waals surface area contributed by atoms with E-state index in [-0.39, 0.29) is 17.7 Å². The first-order valence-corrected chi connectivity index (χ1v) is 9.74. The lowest BCUT2D eigenvalue weighted by Crippen LogP contribution is -2.37. The average Bonchev–Trinajstić information content (AvgIpc) is 3.23. The first kappa shape index (κ1) is 22.4. The molecule has 1 amide bonds. The fourth-order valence-corrected chi connectivity index (χ4v) is 2.96. The number of aromatic nitrogens is 2. The number of nitrogens with two attached hydrogens (primary N) is 1. The molecule has 0 fully saturated rings. The third kappa shape index (κ3) is 6.09. The van der Waals surface area contributed by atoms with Crippen molar-refractivity contribution < 1.29 is 18.3 Å². The number of nitrogens with one attached hydrogen (secondary N) is 2. The van der Waals surface area contributed by atoms with Gasteiger partial charge >= 0.3 is 0 Å². The number of rotatable bonds is 9. The van der Waals surface area contributed by atoms with Crippen molar-refractivity contribution in [1.82, 2.24) is 15.1 Å². The number of aromatic amines is 1. The SMILES string of the molecule is CN(C)CCOc1cc(-c2cn[nH]c2)c(F)cc1NC(=O)[C@@H](N)Cc1cccc(F)c1. The van der Waals surface area contributed by atoms with Crippen molar-refractivity contribution in [3.63, 3.8) is 0 Å². The Bertz CT molecular complexity index is 1020. The molecular formula is C22H25F2N5O2. The second-order valence-electron chi connectivity index (χ2n) is 7.40. The smallest absolute Gasteiger partial charge is 0.241 e. The van der Waals surface area contributed by atoms with E-state index in [0.717, 1.165) is 0 Å². The molecule has 0 spiro atoms. The number of hydrogen-bond acceptors (Lipinski definition) is 5. The fourth-order valence-electron chi connectivity index (χ4n) is 2.96. The van der Waals surface area contributed by atoms with Gasteiger partial charge in [-0.25, -0.2) is 8.78 Å². The predicted molar refractivity (Wildman–Crippen MR) is 115 cm³/mol. The van der Waals surface area contributed by atoms with Crippen molar-refractivity contribution in [2.45, 2.75) is 12.5 Å². The van der Waals surface area contributed by atoms with Crippen LogP contribution in [0.1, 0.15) is 5.56 Å². The molecule has 31 heavy (non-hydrogen) atoms. The van der Waals surface area contributed by atoms with E-state index < -0.39 is 23.6 Å². The van der Waals surface area contributed by atoms with Gasteiger partial charge in [-0.15, -0.1) is 0 Å². The second kappa shape index (κ2) is 10.1. The summed E-state index contributed by atoms with van der Waals surface area (Å²) in [5, 5.41) is 9.12. The minimum atomic E-state index is -0.951. The van der Waals surface area contributed by atoms with Gasteiger partial charge in [0.15, 0.2) is 0 Å². The number of nitrogens with zero attached hydrogens (tertiary/aromatic N) is 2. The zero-order chi connectivity index (χ0) is 22.4. The van der Waals surface area contributed by atoms with Gasteiger partial charge in [0.05, 0.1) is 17.9 Å². The zero-order valence-corrected chi connectivity index (χ0v) is 17.4. The monoisotopic (exact) mass is 429 g/mol. The Labute approximate surface area is 179 Å². The van der Waals surface area contributed by atoms with E-state index >= 15 is 0 Å². The summed E-state index contributed by atoms with van der Waals surface area (Å²) in [6.07, 6.45) is 3.19. The predicted octanol–water partition coefficient (Wildman–Crippen LogP) is 2.80. The van der Waals surface area contributed by atoms with Crippen LogP contribution in [0.15, 0.2) is 48.8 Å². The van der Waals surface area contributed by atoms with Gasteiger partial charge in [0.1, 0.15) is 24.0 Å². The van der Waals surface area contributed by atoms with Gasteiger partial charge in [-0.2, -0.15) is 5.10 Å². The van der Waals surface area contributed by atoms with E-state index in [2.05, 4.69) is 15.5 Å². The molecule has 0 unspecified atom stereocenters. The Kier molecular flexibility index (Phi) is 7.32. The number of hydrogen-bond donors (Lipinski definition) is 3. The van der Waals surface area contributed by atoms with Crippen LogP contribution in [0.5, 0.6) is 5.75 Å². The van der Waals surface area contributed by atoms with Crippen molar-refractivity contribution >= 4 is 11.6 Å². The lowest BCUT2D eigenvalue weighted by molar-refractivity contribution is -0.117. The van der Waals surface area contributed by atoms with Crippen LogP contribution in [-0.4, -0.2) is 54.3 Å². The third-order valence-corrected chi connectivity index (χ3v) is 4.61. The summed E-state index contributed by atoms with van der Waals surface area (Å²) >= 11 is 0. The van der Waals surface area contributed by atoms with Gasteiger partial charge in [-0.05, 0) is 44.3 Å². The standard InChI is InChI=1S/C22H25F2N5O2/c1-29(2)6-7-31-21-10-17(15-12-26-27-13-15)18(24)11-20(21)28-22(30)19(25)9-14-4-3-5-16(23)8-14/h3-5,8,10-13,19H,6-7,9,25H2,1-2H3,(H,26,27)(H,28,30)/t19-/m0/s1. The van der Waals surface area contributed by atoms with Crippen molar-refractivity contribution in [2.75, 3.05) is 32.6 Å². The first-order chi connectivity index (χ1) is 14.8. The van der Waals surface area contributed by atoms with Gasteiger partial charge < -0.3 is 20.7 Å². The molecule has 7 nitrogen and oxygen atoms in total. The molecule has 0 aliphatic rings. The number of ether oxygens (including phenoxy) is 1. The molecule has 1 aromatic heterocycles. The number of carbonyl (C=O) groups is 1. The van der Waals surface area contributed by atoms with Crippen molar-refractivity contribution in [3.05, 3.63) is 66.0 Å². The van der Waals surface area contributed by atoms with E-state index in [1.165, 1.54) is 30.5 Å². The molecule has 2 aromatic carbocycles. The molecule has 1 heterocycles. The Morgan fingerprint density at radius 1 is 1.29 bits per heavy atom. The molecule has 164 valence electrons. The molecule has 1 atom stereocenters. The summed E-state index contributed by atoms with van der Waals surface area (Å²) in [5.41, 5.74) is 7.59. The molecule has 4 N–H and O–H groups in total. The maximum Gasteiger partial charge on any atom is 0.241 e. The van der Waals surface area contributed by atoms with E-state index in [1.54, 1.807) is 18.3 Å². The molecule has 0 aliphatic heterocycles. The quantitative estimate of drug-likeness (QED) is 0.486. The molecule has 3 rings (SSSR count). The number of amides is 1. The van der Waals surface area contributed by atoms with Crippen LogP contribution in [0.25, 0.3) is 11.1 Å². The second-order valence-corrected chi connectivity index (χ2v) is 7.40. The summed E-state index contributed by atoms with van der Waals surface area (Å²) in [6.45, 7) is 0.965. The Hall–Kier alpha value is -3.30. The largest absolute Gasteiger partial charge is 0.490 e. The van der Waals surface area contributed by atoms with Gasteiger partial charge in [-0.1, -0.05) is 12.1 Å². The average molecular weight is 429 g/mol. The third-order valence-electron chi connectivity index (χ3n) is 4.61. The van der Waals surface area contributed by atoms with Gasteiger partial charge in [0.25, 0.3) is 0 Å². The molecule has 9 heteroatoms. The summed E-state index contributed by atoms with van der Waals surface area (Å²) in [7, 11) is 3.80. The number of anilines is 1. The Morgan fingerprint density at radius 2 is 2.10 bits per heavy atom. The Morgan fingerprint density at radius 3 is 2.77 bits per heavy atom. The fraction of sp³-hybridized carbons (Fsp3) is 0.273. The van der Waals surface area contributed by atoms with E-state index in [9.17, 15) is 13.6 Å². The van der Waals surface area contributed by atoms with Crippen LogP contribution in [0.2, 0.25) is 0 Å². The first-order valence-electron chi connectivity index (χ1n) is 9.74. The van der Waals surface area contributed by atoms with Gasteiger partial charge in [0.2, 0.25) is 5.91 Å². The van der Waals surface area contributed by atoms with E-state index in [0.29, 0.717) is 30.0 Å². The van der Waals surface area contributed by atoms with Gasteiger partial charge in [0, 0.05) is 29.9 Å². The minimum Gasteiger partial charge on any atom is -0.490 e. The molecule has 0 radical (unpaired) electrons. The molecule has 0 bridgehead atoms. The highest BCUT2D eigenvalue weighted by Gasteiger charge is 2.19. The maximum atomic E-state index is 14.8. The highest BCUT2D eigenvalue weighted by Crippen LogP contribution is 2.33. The Balaban J connectivity index is 1.80. The van der Waals surface area contributed by atoms with Crippen LogP contribution in [0, 0.1) is 11.6 Å². The number of H-pyrrole nitrogens is 1. The lowest BCUT2D eigenvalue weighted by atomic mass is 10.0. The van der Waals surface area contributed by atoms with E-state index in [1.807, 2.05) is 19.0 Å². The minimum absolute atomic E-state index is 0.135. The van der Waals surface area contributed by atoms with Crippen molar-refractivity contribution in [3.8, 4) is 16.9 Å². The topological polar surface area (TPSA) is 96.3 Å². The molecule has 0 saturated heterocycles. The summed E-state index contributed by atoms with van der Waals surface area (Å²) in [6, 6.07) is 7.64. The molecular weight excluding hydrogens is 404 g/mol. The highest BCUT2D eigenvalue weighted by atomic mass is 19.1. The molecule has 0 saturated carbocycles. The molecule has 3 aromatic rings. The summed E-state index contributed by atoms with van der Waals surface area (Å²) in [4.78, 5) is 14.6. The lowest BCUT2D eigenvalue weighted by Gasteiger charge is -2.18. The van der Waals surface area contributed by atoms with Crippen LogP contribution in [-0.2, 0) is 11.2 Å². The molecule has 0 aliphatic carbocycles. The maximum absolute atomic E-state index is 14.8. The van der Waals surface area contributed by atoms with Crippen LogP contribution < -0.4 is 15.8 Å². The highest BCUT2D eigenvalue weighted by molar-refractivity contribution is 5.96. The normalized spacial score (nSPS) is 12.1.